The van der Waals surface area contributed by atoms with Gasteiger partial charge < -0.3 is 10.1 Å². The van der Waals surface area contributed by atoms with Crippen molar-refractivity contribution in [2.45, 2.75) is 71.8 Å². The molecule has 35 heavy (non-hydrogen) atoms. The van der Waals surface area contributed by atoms with Crippen molar-refractivity contribution in [1.82, 2.24) is 10.4 Å². The van der Waals surface area contributed by atoms with E-state index in [0.717, 1.165) is 17.5 Å². The van der Waals surface area contributed by atoms with Crippen LogP contribution in [0.3, 0.4) is 0 Å². The first-order valence-electron chi connectivity index (χ1n) is 12.3. The second kappa shape index (κ2) is 13.6. The summed E-state index contributed by atoms with van der Waals surface area (Å²) < 4.78 is 5.24. The molecule has 0 atom stereocenters. The highest BCUT2D eigenvalue weighted by Gasteiger charge is 2.16. The van der Waals surface area contributed by atoms with Crippen LogP contribution in [-0.2, 0) is 20.7 Å². The molecule has 0 saturated heterocycles. The van der Waals surface area contributed by atoms with Gasteiger partial charge in [-0.15, -0.1) is 0 Å². The normalized spacial score (nSPS) is 11.1. The van der Waals surface area contributed by atoms with Gasteiger partial charge in [-0.2, -0.15) is 0 Å². The maximum Gasteiger partial charge on any atom is 0.306 e. The summed E-state index contributed by atoms with van der Waals surface area (Å²) >= 11 is 0. The Bertz CT molecular complexity index is 962. The lowest BCUT2D eigenvalue weighted by Crippen LogP contribution is -2.36. The number of hydrogen-bond donors (Lipinski definition) is 2. The molecule has 0 aliphatic rings. The van der Waals surface area contributed by atoms with Crippen LogP contribution in [0.1, 0.15) is 75.7 Å². The first-order chi connectivity index (χ1) is 16.6. The van der Waals surface area contributed by atoms with Crippen molar-refractivity contribution in [3.8, 4) is 11.1 Å². The van der Waals surface area contributed by atoms with E-state index in [1.54, 1.807) is 12.1 Å². The molecule has 0 aromatic heterocycles. The zero-order valence-electron chi connectivity index (χ0n) is 21.3. The molecule has 0 aliphatic heterocycles. The molecule has 0 fully saturated rings. The summed E-state index contributed by atoms with van der Waals surface area (Å²) in [5.41, 5.74) is 3.42. The van der Waals surface area contributed by atoms with Crippen LogP contribution in [-0.4, -0.2) is 46.7 Å². The van der Waals surface area contributed by atoms with E-state index < -0.39 is 11.5 Å². The molecule has 2 N–H and O–H groups in total. The van der Waals surface area contributed by atoms with E-state index in [-0.39, 0.29) is 31.4 Å². The first kappa shape index (κ1) is 28.1. The molecule has 2 aromatic rings. The molecule has 2 aromatic carbocycles. The van der Waals surface area contributed by atoms with Crippen LogP contribution >= 0.6 is 0 Å². The molecule has 190 valence electrons. The summed E-state index contributed by atoms with van der Waals surface area (Å²) in [6.45, 7) is 7.73. The first-order valence-corrected chi connectivity index (χ1v) is 12.3. The molecule has 0 bridgehead atoms. The molecule has 0 unspecified atom stereocenters. The number of nitrogens with zero attached hydrogens (tertiary/aromatic N) is 1. The smallest absolute Gasteiger partial charge is 0.306 e. The highest BCUT2D eigenvalue weighted by Crippen LogP contribution is 2.20. The average Bonchev–Trinajstić information content (AvgIpc) is 2.82. The third kappa shape index (κ3) is 10.3. The van der Waals surface area contributed by atoms with E-state index >= 15 is 0 Å². The highest BCUT2D eigenvalue weighted by atomic mass is 16.6. The topological polar surface area (TPSA) is 95.9 Å². The van der Waals surface area contributed by atoms with Crippen molar-refractivity contribution in [2.75, 3.05) is 13.1 Å². The van der Waals surface area contributed by atoms with E-state index in [1.165, 1.54) is 5.56 Å². The van der Waals surface area contributed by atoms with Gasteiger partial charge in [-0.3, -0.25) is 19.6 Å². The SMILES string of the molecule is CCc1ccc(-c2ccc(C(=O)NCCN(O)C(=O)CCCCCC(=O)OC(C)(C)C)cc2)cc1. The van der Waals surface area contributed by atoms with Gasteiger partial charge in [0.2, 0.25) is 5.91 Å². The van der Waals surface area contributed by atoms with Gasteiger partial charge in [0.1, 0.15) is 5.60 Å². The number of ether oxygens (including phenoxy) is 1. The number of rotatable bonds is 12. The standard InChI is InChI=1S/C28H38N2O5/c1-5-21-11-13-22(14-12-21)23-15-17-24(18-16-23)27(33)29-19-20-30(34)25(31)9-7-6-8-10-26(32)35-28(2,3)4/h11-18,34H,5-10,19-20H2,1-4H3,(H,29,33). The predicted molar refractivity (Wildman–Crippen MR) is 136 cm³/mol. The quantitative estimate of drug-likeness (QED) is 0.189. The van der Waals surface area contributed by atoms with E-state index in [1.807, 2.05) is 32.9 Å². The Morgan fingerprint density at radius 2 is 1.46 bits per heavy atom. The molecule has 2 rings (SSSR count). The third-order valence-corrected chi connectivity index (χ3v) is 5.43. The summed E-state index contributed by atoms with van der Waals surface area (Å²) in [5, 5.41) is 13.3. The molecule has 0 spiro atoms. The minimum Gasteiger partial charge on any atom is -0.460 e. The van der Waals surface area contributed by atoms with Crippen LogP contribution in [0.15, 0.2) is 48.5 Å². The molecule has 0 radical (unpaired) electrons. The van der Waals surface area contributed by atoms with Crippen LogP contribution in [0, 0.1) is 0 Å². The number of carbonyl (C=O) groups excluding carboxylic acids is 3. The maximum atomic E-state index is 12.4. The zero-order chi connectivity index (χ0) is 25.8. The van der Waals surface area contributed by atoms with Crippen LogP contribution in [0.4, 0.5) is 0 Å². The molecule has 7 nitrogen and oxygen atoms in total. The number of nitrogens with one attached hydrogen (secondary N) is 1. The molecular formula is C28H38N2O5. The fourth-order valence-electron chi connectivity index (χ4n) is 3.49. The number of benzene rings is 2. The van der Waals surface area contributed by atoms with Crippen LogP contribution in [0.25, 0.3) is 11.1 Å². The summed E-state index contributed by atoms with van der Waals surface area (Å²) in [7, 11) is 0. The Balaban J connectivity index is 1.66. The Morgan fingerprint density at radius 3 is 2.03 bits per heavy atom. The van der Waals surface area contributed by atoms with E-state index in [9.17, 15) is 19.6 Å². The predicted octanol–water partition coefficient (Wildman–Crippen LogP) is 5.16. The van der Waals surface area contributed by atoms with Crippen LogP contribution in [0.2, 0.25) is 0 Å². The minimum absolute atomic E-state index is 0.00431. The number of esters is 1. The monoisotopic (exact) mass is 482 g/mol. The fraction of sp³-hybridized carbons (Fsp3) is 0.464. The van der Waals surface area contributed by atoms with Crippen molar-refractivity contribution >= 4 is 17.8 Å². The van der Waals surface area contributed by atoms with Gasteiger partial charge in [-0.1, -0.05) is 49.7 Å². The summed E-state index contributed by atoms with van der Waals surface area (Å²) in [4.78, 5) is 36.1. The average molecular weight is 483 g/mol. The number of amides is 2. The number of hydroxylamine groups is 2. The molecule has 0 saturated carbocycles. The summed E-state index contributed by atoms with van der Waals surface area (Å²) in [6, 6.07) is 15.7. The van der Waals surface area contributed by atoms with Crippen molar-refractivity contribution in [2.24, 2.45) is 0 Å². The lowest BCUT2D eigenvalue weighted by molar-refractivity contribution is -0.165. The number of aryl methyl sites for hydroxylation is 1. The third-order valence-electron chi connectivity index (χ3n) is 5.43. The molecule has 2 amide bonds. The Kier molecular flexibility index (Phi) is 10.9. The van der Waals surface area contributed by atoms with E-state index in [4.69, 9.17) is 4.74 Å². The lowest BCUT2D eigenvalue weighted by Gasteiger charge is -2.19. The van der Waals surface area contributed by atoms with Gasteiger partial charge in [-0.25, -0.2) is 5.06 Å². The van der Waals surface area contributed by atoms with Crippen LogP contribution in [0.5, 0.6) is 0 Å². The zero-order valence-corrected chi connectivity index (χ0v) is 21.3. The van der Waals surface area contributed by atoms with E-state index in [0.29, 0.717) is 36.3 Å². The fourth-order valence-corrected chi connectivity index (χ4v) is 3.49. The Labute approximate surface area is 208 Å². The van der Waals surface area contributed by atoms with Crippen LogP contribution < -0.4 is 5.32 Å². The largest absolute Gasteiger partial charge is 0.460 e. The second-order valence-electron chi connectivity index (χ2n) is 9.55. The number of unbranched alkanes of at least 4 members (excludes halogenated alkanes) is 2. The highest BCUT2D eigenvalue weighted by molar-refractivity contribution is 5.94. The molecule has 0 aliphatic carbocycles. The lowest BCUT2D eigenvalue weighted by atomic mass is 10.0. The van der Waals surface area contributed by atoms with Gasteiger partial charge in [0.15, 0.2) is 0 Å². The van der Waals surface area contributed by atoms with Crippen molar-refractivity contribution < 1.29 is 24.3 Å². The van der Waals surface area contributed by atoms with Gasteiger partial charge in [0, 0.05) is 24.9 Å². The van der Waals surface area contributed by atoms with Crippen molar-refractivity contribution in [3.05, 3.63) is 59.7 Å². The van der Waals surface area contributed by atoms with Gasteiger partial charge in [-0.05, 0) is 68.9 Å². The van der Waals surface area contributed by atoms with Gasteiger partial charge in [0.25, 0.3) is 5.91 Å². The summed E-state index contributed by atoms with van der Waals surface area (Å²) in [6.07, 6.45) is 3.37. The Hall–Kier alpha value is -3.19. The Morgan fingerprint density at radius 1 is 0.886 bits per heavy atom. The second-order valence-corrected chi connectivity index (χ2v) is 9.55. The molecule has 7 heteroatoms. The van der Waals surface area contributed by atoms with Gasteiger partial charge in [0.05, 0.1) is 6.54 Å². The molecular weight excluding hydrogens is 444 g/mol. The maximum absolute atomic E-state index is 12.4. The minimum atomic E-state index is -0.496. The molecule has 0 heterocycles. The van der Waals surface area contributed by atoms with E-state index in [2.05, 4.69) is 36.5 Å². The van der Waals surface area contributed by atoms with Crippen molar-refractivity contribution in [1.29, 1.82) is 0 Å². The number of hydrogen-bond acceptors (Lipinski definition) is 5. The summed E-state index contributed by atoms with van der Waals surface area (Å²) in [5.74, 6) is -0.917. The van der Waals surface area contributed by atoms with Crippen molar-refractivity contribution in [3.63, 3.8) is 0 Å². The number of carbonyl (C=O) groups is 3. The van der Waals surface area contributed by atoms with Gasteiger partial charge >= 0.3 is 5.97 Å².